The summed E-state index contributed by atoms with van der Waals surface area (Å²) in [5.41, 5.74) is 1.79. The van der Waals surface area contributed by atoms with Crippen molar-refractivity contribution in [3.63, 3.8) is 0 Å². The molecule has 1 aromatic carbocycles. The van der Waals surface area contributed by atoms with Gasteiger partial charge in [-0.2, -0.15) is 4.31 Å². The van der Waals surface area contributed by atoms with Gasteiger partial charge in [-0.25, -0.2) is 8.42 Å². The van der Waals surface area contributed by atoms with E-state index in [2.05, 4.69) is 6.92 Å². The molecule has 5 nitrogen and oxygen atoms in total. The van der Waals surface area contributed by atoms with E-state index in [9.17, 15) is 8.42 Å². The number of sulfonamides is 1. The summed E-state index contributed by atoms with van der Waals surface area (Å²) >= 11 is 0. The zero-order valence-electron chi connectivity index (χ0n) is 16.1. The second-order valence-electron chi connectivity index (χ2n) is 7.38. The summed E-state index contributed by atoms with van der Waals surface area (Å²) in [4.78, 5) is 0.349. The highest BCUT2D eigenvalue weighted by atomic mass is 32.2. The van der Waals surface area contributed by atoms with Gasteiger partial charge in [-0.05, 0) is 38.8 Å². The second-order valence-corrected chi connectivity index (χ2v) is 9.27. The van der Waals surface area contributed by atoms with E-state index in [1.807, 2.05) is 25.1 Å². The van der Waals surface area contributed by atoms with Crippen LogP contribution in [0.5, 0.6) is 0 Å². The van der Waals surface area contributed by atoms with Crippen LogP contribution in [0.1, 0.15) is 38.2 Å². The minimum atomic E-state index is -3.58. The van der Waals surface area contributed by atoms with Crippen LogP contribution in [0.3, 0.4) is 0 Å². The Morgan fingerprint density at radius 2 is 1.77 bits per heavy atom. The number of hydrogen-bond donors (Lipinski definition) is 0. The van der Waals surface area contributed by atoms with Crippen molar-refractivity contribution in [2.75, 3.05) is 20.8 Å². The minimum Gasteiger partial charge on any atom is -0.355 e. The standard InChI is InChI=1S/C20H29NO4S/c1-15-8-10-17(11-9-15)26(22,23)21-14-12-16(2)20(19(24-3)25-4)13-6-5-7-18(20)21/h8-12,18-19H,5-7,13-14H2,1-4H3/t18-,20+/m0/s1. The van der Waals surface area contributed by atoms with Crippen molar-refractivity contribution in [1.29, 1.82) is 0 Å². The number of methoxy groups -OCH3 is 2. The number of hydrogen-bond acceptors (Lipinski definition) is 4. The van der Waals surface area contributed by atoms with E-state index in [0.717, 1.165) is 31.2 Å². The maximum absolute atomic E-state index is 13.4. The lowest BCUT2D eigenvalue weighted by atomic mass is 9.64. The smallest absolute Gasteiger partial charge is 0.243 e. The third-order valence-electron chi connectivity index (χ3n) is 6.05. The molecule has 0 N–H and O–H groups in total. The molecule has 0 amide bonds. The van der Waals surface area contributed by atoms with Crippen molar-refractivity contribution < 1.29 is 17.9 Å². The maximum atomic E-state index is 13.4. The molecule has 144 valence electrons. The van der Waals surface area contributed by atoms with Gasteiger partial charge in [-0.15, -0.1) is 0 Å². The fraction of sp³-hybridized carbons (Fsp3) is 0.600. The van der Waals surface area contributed by atoms with Crippen LogP contribution in [-0.4, -0.2) is 45.8 Å². The topological polar surface area (TPSA) is 55.8 Å². The van der Waals surface area contributed by atoms with Crippen molar-refractivity contribution in [2.24, 2.45) is 5.41 Å². The molecule has 3 rings (SSSR count). The van der Waals surface area contributed by atoms with Gasteiger partial charge in [-0.3, -0.25) is 0 Å². The first-order valence-electron chi connectivity index (χ1n) is 9.19. The monoisotopic (exact) mass is 379 g/mol. The van der Waals surface area contributed by atoms with E-state index in [1.54, 1.807) is 30.7 Å². The molecule has 1 aromatic rings. The fourth-order valence-electron chi connectivity index (χ4n) is 4.67. The lowest BCUT2D eigenvalue weighted by Crippen LogP contribution is -2.60. The van der Waals surface area contributed by atoms with Crippen molar-refractivity contribution in [3.05, 3.63) is 41.5 Å². The number of benzene rings is 1. The van der Waals surface area contributed by atoms with Gasteiger partial charge < -0.3 is 9.47 Å². The number of aryl methyl sites for hydroxylation is 1. The Balaban J connectivity index is 2.08. The molecule has 6 heteroatoms. The van der Waals surface area contributed by atoms with E-state index >= 15 is 0 Å². The molecule has 0 bridgehead atoms. The molecule has 0 saturated heterocycles. The van der Waals surface area contributed by atoms with Gasteiger partial charge >= 0.3 is 0 Å². The van der Waals surface area contributed by atoms with E-state index in [4.69, 9.17) is 9.47 Å². The van der Waals surface area contributed by atoms with E-state index < -0.39 is 21.7 Å². The average molecular weight is 380 g/mol. The van der Waals surface area contributed by atoms with Gasteiger partial charge in [0.15, 0.2) is 6.29 Å². The summed E-state index contributed by atoms with van der Waals surface area (Å²) in [6.45, 7) is 4.44. The predicted molar refractivity (Wildman–Crippen MR) is 101 cm³/mol. The Morgan fingerprint density at radius 3 is 2.38 bits per heavy atom. The Bertz CT molecular complexity index is 768. The first-order chi connectivity index (χ1) is 12.4. The molecule has 1 heterocycles. The molecule has 0 spiro atoms. The Hall–Kier alpha value is -1.21. The highest BCUT2D eigenvalue weighted by Crippen LogP contribution is 2.51. The number of ether oxygens (including phenoxy) is 2. The quantitative estimate of drug-likeness (QED) is 0.580. The van der Waals surface area contributed by atoms with E-state index in [1.165, 1.54) is 5.57 Å². The highest BCUT2D eigenvalue weighted by Gasteiger charge is 2.55. The molecule has 1 fully saturated rings. The first kappa shape index (κ1) is 19.5. The zero-order chi connectivity index (χ0) is 18.9. The molecular formula is C20H29NO4S. The fourth-order valence-corrected chi connectivity index (χ4v) is 6.32. The number of nitrogens with zero attached hydrogens (tertiary/aromatic N) is 1. The summed E-state index contributed by atoms with van der Waals surface area (Å²) in [6, 6.07) is 6.94. The number of fused-ring (bicyclic) bond motifs is 1. The largest absolute Gasteiger partial charge is 0.355 e. The van der Waals surface area contributed by atoms with Crippen molar-refractivity contribution >= 4 is 10.0 Å². The van der Waals surface area contributed by atoms with E-state index in [-0.39, 0.29) is 6.04 Å². The van der Waals surface area contributed by atoms with Gasteiger partial charge in [0.25, 0.3) is 0 Å². The van der Waals surface area contributed by atoms with Crippen LogP contribution < -0.4 is 0 Å². The van der Waals surface area contributed by atoms with Gasteiger partial charge in [0.2, 0.25) is 10.0 Å². The molecule has 0 aromatic heterocycles. The lowest BCUT2D eigenvalue weighted by Gasteiger charge is -2.53. The van der Waals surface area contributed by atoms with Gasteiger partial charge in [-0.1, -0.05) is 42.2 Å². The normalized spacial score (nSPS) is 27.3. The van der Waals surface area contributed by atoms with Crippen LogP contribution in [-0.2, 0) is 19.5 Å². The summed E-state index contributed by atoms with van der Waals surface area (Å²) in [7, 11) is -0.315. The maximum Gasteiger partial charge on any atom is 0.243 e. The van der Waals surface area contributed by atoms with Crippen LogP contribution in [0.15, 0.2) is 40.8 Å². The van der Waals surface area contributed by atoms with Gasteiger partial charge in [0.1, 0.15) is 0 Å². The zero-order valence-corrected chi connectivity index (χ0v) is 16.9. The predicted octanol–water partition coefficient (Wildman–Crippen LogP) is 3.49. The van der Waals surface area contributed by atoms with Crippen LogP contribution in [0.25, 0.3) is 0 Å². The van der Waals surface area contributed by atoms with Gasteiger partial charge in [0.05, 0.1) is 10.3 Å². The third kappa shape index (κ3) is 3.03. The van der Waals surface area contributed by atoms with Crippen LogP contribution in [0.2, 0.25) is 0 Å². The molecular weight excluding hydrogens is 350 g/mol. The summed E-state index contributed by atoms with van der Waals surface area (Å²) in [5.74, 6) is 0. The first-order valence-corrected chi connectivity index (χ1v) is 10.6. The number of rotatable bonds is 5. The molecule has 2 atom stereocenters. The van der Waals surface area contributed by atoms with Gasteiger partial charge in [0, 0.05) is 26.8 Å². The highest BCUT2D eigenvalue weighted by molar-refractivity contribution is 7.89. The Morgan fingerprint density at radius 1 is 1.12 bits per heavy atom. The second kappa shape index (κ2) is 7.43. The average Bonchev–Trinajstić information content (AvgIpc) is 2.63. The van der Waals surface area contributed by atoms with Crippen LogP contribution in [0.4, 0.5) is 0 Å². The molecule has 26 heavy (non-hydrogen) atoms. The molecule has 0 unspecified atom stereocenters. The lowest BCUT2D eigenvalue weighted by molar-refractivity contribution is -0.191. The summed E-state index contributed by atoms with van der Waals surface area (Å²) < 4.78 is 39.8. The SMILES string of the molecule is COC(OC)[C@@]12CCCC[C@@H]1N(S(=O)(=O)c1ccc(C)cc1)CC=C2C. The van der Waals surface area contributed by atoms with Crippen LogP contribution >= 0.6 is 0 Å². The van der Waals surface area contributed by atoms with Crippen molar-refractivity contribution in [3.8, 4) is 0 Å². The Kier molecular flexibility index (Phi) is 5.58. The van der Waals surface area contributed by atoms with Crippen molar-refractivity contribution in [1.82, 2.24) is 4.31 Å². The van der Waals surface area contributed by atoms with Crippen molar-refractivity contribution in [2.45, 2.75) is 56.8 Å². The molecule has 0 radical (unpaired) electrons. The van der Waals surface area contributed by atoms with E-state index in [0.29, 0.717) is 11.4 Å². The minimum absolute atomic E-state index is 0.155. The molecule has 1 saturated carbocycles. The molecule has 1 aliphatic carbocycles. The summed E-state index contributed by atoms with van der Waals surface area (Å²) in [6.07, 6.45) is 5.31. The molecule has 2 aliphatic rings. The van der Waals surface area contributed by atoms with Crippen LogP contribution in [0, 0.1) is 12.3 Å². The summed E-state index contributed by atoms with van der Waals surface area (Å²) in [5, 5.41) is 0. The Labute approximate surface area is 157 Å². The third-order valence-corrected chi connectivity index (χ3v) is 7.94. The molecule has 1 aliphatic heterocycles.